The minimum atomic E-state index is -0.467. The summed E-state index contributed by atoms with van der Waals surface area (Å²) in [5.41, 5.74) is 12.9. The number of primary amides is 1. The van der Waals surface area contributed by atoms with Crippen LogP contribution in [0.15, 0.2) is 18.2 Å². The number of benzene rings is 1. The van der Waals surface area contributed by atoms with Crippen LogP contribution < -0.4 is 16.8 Å². The molecule has 0 aromatic heterocycles. The highest BCUT2D eigenvalue weighted by molar-refractivity contribution is 5.94. The SMILES string of the molecule is COCC(Nc1cc(C(N)=O)ccc1N)C(C)C. The third kappa shape index (κ3) is 3.63. The van der Waals surface area contributed by atoms with Gasteiger partial charge < -0.3 is 21.5 Å². The Morgan fingerprint density at radius 1 is 1.44 bits per heavy atom. The van der Waals surface area contributed by atoms with Gasteiger partial charge in [0.2, 0.25) is 5.91 Å². The molecule has 100 valence electrons. The van der Waals surface area contributed by atoms with Gasteiger partial charge in [-0.05, 0) is 24.1 Å². The lowest BCUT2D eigenvalue weighted by Gasteiger charge is -2.23. The number of methoxy groups -OCH3 is 1. The standard InChI is InChI=1S/C13H21N3O2/c1-8(2)12(7-18-3)16-11-6-9(13(15)17)4-5-10(11)14/h4-6,8,12,16H,7,14H2,1-3H3,(H2,15,17). The van der Waals surface area contributed by atoms with Crippen molar-refractivity contribution >= 4 is 17.3 Å². The number of ether oxygens (including phenoxy) is 1. The van der Waals surface area contributed by atoms with Crippen molar-refractivity contribution in [1.29, 1.82) is 0 Å². The zero-order chi connectivity index (χ0) is 13.7. The van der Waals surface area contributed by atoms with E-state index >= 15 is 0 Å². The second-order valence-corrected chi connectivity index (χ2v) is 4.62. The largest absolute Gasteiger partial charge is 0.397 e. The van der Waals surface area contributed by atoms with Crippen LogP contribution in [0.5, 0.6) is 0 Å². The first-order chi connectivity index (χ1) is 8.45. The first-order valence-corrected chi connectivity index (χ1v) is 5.90. The molecule has 1 aromatic carbocycles. The number of carbonyl (C=O) groups excluding carboxylic acids is 1. The minimum absolute atomic E-state index is 0.125. The van der Waals surface area contributed by atoms with Crippen molar-refractivity contribution in [3.05, 3.63) is 23.8 Å². The number of rotatable bonds is 6. The fraction of sp³-hybridized carbons (Fsp3) is 0.462. The summed E-state index contributed by atoms with van der Waals surface area (Å²) in [4.78, 5) is 11.1. The van der Waals surface area contributed by atoms with Crippen LogP contribution >= 0.6 is 0 Å². The molecule has 0 radical (unpaired) electrons. The first kappa shape index (κ1) is 14.3. The number of anilines is 2. The van der Waals surface area contributed by atoms with Crippen LogP contribution in [-0.2, 0) is 4.74 Å². The van der Waals surface area contributed by atoms with E-state index in [0.29, 0.717) is 29.5 Å². The summed E-state index contributed by atoms with van der Waals surface area (Å²) in [6.07, 6.45) is 0. The van der Waals surface area contributed by atoms with Crippen LogP contribution in [-0.4, -0.2) is 25.7 Å². The van der Waals surface area contributed by atoms with Crippen LogP contribution in [0, 0.1) is 5.92 Å². The molecule has 0 aliphatic heterocycles. The zero-order valence-corrected chi connectivity index (χ0v) is 11.1. The molecule has 0 bridgehead atoms. The average Bonchev–Trinajstić information content (AvgIpc) is 2.30. The molecular formula is C13H21N3O2. The highest BCUT2D eigenvalue weighted by Crippen LogP contribution is 2.22. The van der Waals surface area contributed by atoms with Gasteiger partial charge in [0.05, 0.1) is 24.0 Å². The maximum absolute atomic E-state index is 11.1. The number of nitrogens with one attached hydrogen (secondary N) is 1. The third-order valence-corrected chi connectivity index (χ3v) is 2.83. The number of hydrogen-bond acceptors (Lipinski definition) is 4. The summed E-state index contributed by atoms with van der Waals surface area (Å²) in [6.45, 7) is 4.74. The fourth-order valence-electron chi connectivity index (χ4n) is 1.61. The van der Waals surface area contributed by atoms with Crippen LogP contribution in [0.1, 0.15) is 24.2 Å². The molecule has 0 saturated carbocycles. The zero-order valence-electron chi connectivity index (χ0n) is 11.1. The van der Waals surface area contributed by atoms with Gasteiger partial charge in [0, 0.05) is 12.7 Å². The van der Waals surface area contributed by atoms with E-state index in [2.05, 4.69) is 19.2 Å². The maximum atomic E-state index is 11.1. The Bertz CT molecular complexity index is 419. The highest BCUT2D eigenvalue weighted by Gasteiger charge is 2.15. The number of amides is 1. The van der Waals surface area contributed by atoms with Crippen LogP contribution in [0.3, 0.4) is 0 Å². The third-order valence-electron chi connectivity index (χ3n) is 2.83. The molecule has 0 aliphatic carbocycles. The predicted molar refractivity (Wildman–Crippen MR) is 73.5 cm³/mol. The van der Waals surface area contributed by atoms with Gasteiger partial charge >= 0.3 is 0 Å². The van der Waals surface area contributed by atoms with Gasteiger partial charge in [0.1, 0.15) is 0 Å². The normalized spacial score (nSPS) is 12.4. The summed E-state index contributed by atoms with van der Waals surface area (Å²) < 4.78 is 5.16. The highest BCUT2D eigenvalue weighted by atomic mass is 16.5. The van der Waals surface area contributed by atoms with Crippen molar-refractivity contribution in [2.45, 2.75) is 19.9 Å². The molecule has 5 nitrogen and oxygen atoms in total. The second kappa shape index (κ2) is 6.26. The van der Waals surface area contributed by atoms with Gasteiger partial charge in [-0.2, -0.15) is 0 Å². The maximum Gasteiger partial charge on any atom is 0.248 e. The lowest BCUT2D eigenvalue weighted by atomic mass is 10.0. The van der Waals surface area contributed by atoms with Crippen molar-refractivity contribution in [1.82, 2.24) is 0 Å². The number of hydrogen-bond donors (Lipinski definition) is 3. The van der Waals surface area contributed by atoms with Gasteiger partial charge in [-0.3, -0.25) is 4.79 Å². The Hall–Kier alpha value is -1.75. The lowest BCUT2D eigenvalue weighted by molar-refractivity contribution is 0.100. The van der Waals surface area contributed by atoms with E-state index < -0.39 is 5.91 Å². The molecule has 0 saturated heterocycles. The Labute approximate surface area is 107 Å². The summed E-state index contributed by atoms with van der Waals surface area (Å²) in [5, 5.41) is 3.29. The Kier molecular flexibility index (Phi) is 4.97. The van der Waals surface area contributed by atoms with Crippen molar-refractivity contribution in [2.24, 2.45) is 11.7 Å². The molecule has 1 unspecified atom stereocenters. The molecule has 0 aliphatic rings. The van der Waals surface area contributed by atoms with Gasteiger partial charge in [-0.1, -0.05) is 13.8 Å². The molecular weight excluding hydrogens is 230 g/mol. The molecule has 1 amide bonds. The molecule has 1 rings (SSSR count). The van der Waals surface area contributed by atoms with Gasteiger partial charge in [-0.15, -0.1) is 0 Å². The van der Waals surface area contributed by atoms with Gasteiger partial charge in [0.25, 0.3) is 0 Å². The Balaban J connectivity index is 2.93. The number of nitrogens with two attached hydrogens (primary N) is 2. The van der Waals surface area contributed by atoms with E-state index in [1.807, 2.05) is 0 Å². The van der Waals surface area contributed by atoms with E-state index in [1.54, 1.807) is 25.3 Å². The van der Waals surface area contributed by atoms with E-state index in [9.17, 15) is 4.79 Å². The van der Waals surface area contributed by atoms with Crippen molar-refractivity contribution in [3.63, 3.8) is 0 Å². The van der Waals surface area contributed by atoms with E-state index in [0.717, 1.165) is 0 Å². The van der Waals surface area contributed by atoms with E-state index in [4.69, 9.17) is 16.2 Å². The summed E-state index contributed by atoms with van der Waals surface area (Å²) in [7, 11) is 1.65. The fourth-order valence-corrected chi connectivity index (χ4v) is 1.61. The smallest absolute Gasteiger partial charge is 0.248 e. The van der Waals surface area contributed by atoms with Crippen LogP contribution in [0.25, 0.3) is 0 Å². The quantitative estimate of drug-likeness (QED) is 0.667. The van der Waals surface area contributed by atoms with E-state index in [-0.39, 0.29) is 6.04 Å². The summed E-state index contributed by atoms with van der Waals surface area (Å²) in [5.74, 6) is -0.0903. The molecule has 0 fully saturated rings. The minimum Gasteiger partial charge on any atom is -0.397 e. The van der Waals surface area contributed by atoms with Gasteiger partial charge in [0.15, 0.2) is 0 Å². The number of carbonyl (C=O) groups is 1. The number of nitrogen functional groups attached to an aromatic ring is 1. The monoisotopic (exact) mass is 251 g/mol. The summed E-state index contributed by atoms with van der Waals surface area (Å²) >= 11 is 0. The summed E-state index contributed by atoms with van der Waals surface area (Å²) in [6, 6.07) is 5.08. The molecule has 18 heavy (non-hydrogen) atoms. The average molecular weight is 251 g/mol. The predicted octanol–water partition coefficient (Wildman–Crippen LogP) is 1.45. The van der Waals surface area contributed by atoms with Crippen molar-refractivity contribution in [2.75, 3.05) is 24.8 Å². The molecule has 0 spiro atoms. The Morgan fingerprint density at radius 2 is 2.11 bits per heavy atom. The van der Waals surface area contributed by atoms with Crippen LogP contribution in [0.2, 0.25) is 0 Å². The molecule has 5 heteroatoms. The molecule has 0 heterocycles. The Morgan fingerprint density at radius 3 is 2.61 bits per heavy atom. The molecule has 5 N–H and O–H groups in total. The van der Waals surface area contributed by atoms with Crippen molar-refractivity contribution in [3.8, 4) is 0 Å². The lowest BCUT2D eigenvalue weighted by Crippen LogP contribution is -2.31. The second-order valence-electron chi connectivity index (χ2n) is 4.62. The topological polar surface area (TPSA) is 90.4 Å². The van der Waals surface area contributed by atoms with Crippen molar-refractivity contribution < 1.29 is 9.53 Å². The van der Waals surface area contributed by atoms with Gasteiger partial charge in [-0.25, -0.2) is 0 Å². The first-order valence-electron chi connectivity index (χ1n) is 5.90. The van der Waals surface area contributed by atoms with Crippen LogP contribution in [0.4, 0.5) is 11.4 Å². The molecule has 1 aromatic rings. The van der Waals surface area contributed by atoms with E-state index in [1.165, 1.54) is 0 Å². The molecule has 1 atom stereocenters.